The van der Waals surface area contributed by atoms with Gasteiger partial charge in [-0.1, -0.05) is 11.6 Å². The Morgan fingerprint density at radius 3 is 2.65 bits per heavy atom. The molecule has 1 heterocycles. The summed E-state index contributed by atoms with van der Waals surface area (Å²) < 4.78 is 14.3. The number of rotatable bonds is 1. The molecular weight excluding hydrogens is 421 g/mol. The summed E-state index contributed by atoms with van der Waals surface area (Å²) in [6.45, 7) is 1.86. The third kappa shape index (κ3) is 2.77. The SMILES string of the molecule is Cc1nc(-c2ccc(F)c(Br)c2)nc(Cl)c1I. The largest absolute Gasteiger partial charge is 0.232 e. The van der Waals surface area contributed by atoms with Crippen molar-refractivity contribution in [1.29, 1.82) is 0 Å². The van der Waals surface area contributed by atoms with E-state index in [9.17, 15) is 4.39 Å². The molecule has 6 heteroatoms. The summed E-state index contributed by atoms with van der Waals surface area (Å²) in [5.41, 5.74) is 1.53. The molecule has 2 rings (SSSR count). The van der Waals surface area contributed by atoms with Gasteiger partial charge >= 0.3 is 0 Å². The minimum Gasteiger partial charge on any atom is -0.232 e. The molecule has 0 saturated heterocycles. The Balaban J connectivity index is 2.57. The van der Waals surface area contributed by atoms with Gasteiger partial charge in [-0.3, -0.25) is 0 Å². The van der Waals surface area contributed by atoms with Crippen LogP contribution in [0.3, 0.4) is 0 Å². The molecule has 0 aliphatic rings. The number of aromatic nitrogens is 2. The van der Waals surface area contributed by atoms with Gasteiger partial charge < -0.3 is 0 Å². The smallest absolute Gasteiger partial charge is 0.161 e. The molecule has 0 spiro atoms. The monoisotopic (exact) mass is 426 g/mol. The molecule has 0 fully saturated rings. The number of halogens is 4. The van der Waals surface area contributed by atoms with Crippen LogP contribution in [-0.4, -0.2) is 9.97 Å². The highest BCUT2D eigenvalue weighted by Gasteiger charge is 2.10. The van der Waals surface area contributed by atoms with Crippen LogP contribution in [-0.2, 0) is 0 Å². The summed E-state index contributed by atoms with van der Waals surface area (Å²) in [5.74, 6) is 0.177. The van der Waals surface area contributed by atoms with Crippen LogP contribution in [0.15, 0.2) is 22.7 Å². The molecular formula is C11H6BrClFIN2. The molecule has 2 nitrogen and oxygen atoms in total. The first-order valence-electron chi connectivity index (χ1n) is 4.64. The van der Waals surface area contributed by atoms with Crippen molar-refractivity contribution in [2.24, 2.45) is 0 Å². The number of benzene rings is 1. The molecule has 0 atom stereocenters. The van der Waals surface area contributed by atoms with Gasteiger partial charge in [0.1, 0.15) is 11.0 Å². The van der Waals surface area contributed by atoms with E-state index < -0.39 is 0 Å². The Labute approximate surface area is 125 Å². The Bertz CT molecular complexity index is 569. The van der Waals surface area contributed by atoms with E-state index in [4.69, 9.17) is 11.6 Å². The van der Waals surface area contributed by atoms with E-state index in [1.807, 2.05) is 6.92 Å². The predicted octanol–water partition coefficient (Wildman–Crippen LogP) is 4.61. The quantitative estimate of drug-likeness (QED) is 0.491. The molecule has 0 bridgehead atoms. The van der Waals surface area contributed by atoms with E-state index in [0.717, 1.165) is 14.8 Å². The molecule has 0 aliphatic carbocycles. The second kappa shape index (κ2) is 5.16. The average molecular weight is 427 g/mol. The highest BCUT2D eigenvalue weighted by Crippen LogP contribution is 2.26. The lowest BCUT2D eigenvalue weighted by molar-refractivity contribution is 0.621. The van der Waals surface area contributed by atoms with Gasteiger partial charge in [0.15, 0.2) is 5.82 Å². The zero-order chi connectivity index (χ0) is 12.6. The fraction of sp³-hybridized carbons (Fsp3) is 0.0909. The molecule has 0 saturated carbocycles. The number of hydrogen-bond acceptors (Lipinski definition) is 2. The van der Waals surface area contributed by atoms with E-state index in [2.05, 4.69) is 48.5 Å². The van der Waals surface area contributed by atoms with Crippen molar-refractivity contribution >= 4 is 50.1 Å². The van der Waals surface area contributed by atoms with E-state index in [0.29, 0.717) is 15.5 Å². The first-order chi connectivity index (χ1) is 7.99. The van der Waals surface area contributed by atoms with Gasteiger partial charge in [-0.15, -0.1) is 0 Å². The minimum absolute atomic E-state index is 0.318. The highest BCUT2D eigenvalue weighted by molar-refractivity contribution is 14.1. The van der Waals surface area contributed by atoms with E-state index in [1.165, 1.54) is 6.07 Å². The lowest BCUT2D eigenvalue weighted by atomic mass is 10.2. The van der Waals surface area contributed by atoms with E-state index in [-0.39, 0.29) is 5.82 Å². The van der Waals surface area contributed by atoms with Gasteiger partial charge in [0, 0.05) is 5.56 Å². The maximum atomic E-state index is 13.1. The summed E-state index contributed by atoms with van der Waals surface area (Å²) in [6.07, 6.45) is 0. The fourth-order valence-electron chi connectivity index (χ4n) is 1.29. The molecule has 17 heavy (non-hydrogen) atoms. The topological polar surface area (TPSA) is 25.8 Å². The second-order valence-corrected chi connectivity index (χ2v) is 5.66. The number of aryl methyl sites for hydroxylation is 1. The summed E-state index contributed by atoms with van der Waals surface area (Å²) in [5, 5.41) is 0.411. The lowest BCUT2D eigenvalue weighted by Gasteiger charge is -2.05. The average Bonchev–Trinajstić information content (AvgIpc) is 2.29. The first-order valence-corrected chi connectivity index (χ1v) is 6.89. The van der Waals surface area contributed by atoms with Crippen LogP contribution in [0.4, 0.5) is 4.39 Å². The van der Waals surface area contributed by atoms with Gasteiger partial charge in [0.2, 0.25) is 0 Å². The maximum Gasteiger partial charge on any atom is 0.161 e. The van der Waals surface area contributed by atoms with E-state index in [1.54, 1.807) is 12.1 Å². The van der Waals surface area contributed by atoms with Gasteiger partial charge in [0.05, 0.1) is 13.7 Å². The Hall–Kier alpha value is -0.270. The van der Waals surface area contributed by atoms with Crippen LogP contribution in [0.25, 0.3) is 11.4 Å². The first kappa shape index (κ1) is 13.2. The zero-order valence-electron chi connectivity index (χ0n) is 8.64. The van der Waals surface area contributed by atoms with Crippen molar-refractivity contribution < 1.29 is 4.39 Å². The molecule has 0 unspecified atom stereocenters. The van der Waals surface area contributed by atoms with Crippen molar-refractivity contribution in [1.82, 2.24) is 9.97 Å². The van der Waals surface area contributed by atoms with Crippen molar-refractivity contribution in [3.05, 3.63) is 42.9 Å². The molecule has 0 amide bonds. The molecule has 0 radical (unpaired) electrons. The third-order valence-electron chi connectivity index (χ3n) is 2.15. The van der Waals surface area contributed by atoms with Crippen LogP contribution in [0.1, 0.15) is 5.69 Å². The van der Waals surface area contributed by atoms with E-state index >= 15 is 0 Å². The molecule has 0 N–H and O–H groups in total. The molecule has 1 aromatic carbocycles. The Kier molecular flexibility index (Phi) is 3.99. The predicted molar refractivity (Wildman–Crippen MR) is 77.6 cm³/mol. The van der Waals surface area contributed by atoms with Crippen molar-refractivity contribution in [3.63, 3.8) is 0 Å². The van der Waals surface area contributed by atoms with Crippen LogP contribution in [0.2, 0.25) is 5.15 Å². The molecule has 0 aliphatic heterocycles. The summed E-state index contributed by atoms with van der Waals surface area (Å²) in [6, 6.07) is 4.62. The van der Waals surface area contributed by atoms with Crippen LogP contribution in [0.5, 0.6) is 0 Å². The highest BCUT2D eigenvalue weighted by atomic mass is 127. The van der Waals surface area contributed by atoms with Gasteiger partial charge in [0.25, 0.3) is 0 Å². The standard InChI is InChI=1S/C11H6BrClFIN2/c1-5-9(15)10(13)17-11(16-5)6-2-3-8(14)7(12)4-6/h2-4H,1H3. The lowest BCUT2D eigenvalue weighted by Crippen LogP contribution is -1.96. The summed E-state index contributed by atoms with van der Waals surface area (Å²) in [4.78, 5) is 8.51. The number of hydrogen-bond donors (Lipinski definition) is 0. The fourth-order valence-corrected chi connectivity index (χ4v) is 2.13. The molecule has 2 aromatic rings. The third-order valence-corrected chi connectivity index (χ3v) is 4.65. The van der Waals surface area contributed by atoms with Crippen molar-refractivity contribution in [3.8, 4) is 11.4 Å². The zero-order valence-corrected chi connectivity index (χ0v) is 13.1. The molecule has 1 aromatic heterocycles. The Morgan fingerprint density at radius 1 is 1.35 bits per heavy atom. The Morgan fingerprint density at radius 2 is 2.06 bits per heavy atom. The summed E-state index contributed by atoms with van der Waals surface area (Å²) in [7, 11) is 0. The van der Waals surface area contributed by atoms with Gasteiger partial charge in [-0.25, -0.2) is 14.4 Å². The normalized spacial score (nSPS) is 10.6. The second-order valence-electron chi connectivity index (χ2n) is 3.37. The van der Waals surface area contributed by atoms with Crippen LogP contribution < -0.4 is 0 Å². The molecule has 88 valence electrons. The van der Waals surface area contributed by atoms with Crippen LogP contribution in [0, 0.1) is 16.3 Å². The number of nitrogens with zero attached hydrogens (tertiary/aromatic N) is 2. The van der Waals surface area contributed by atoms with Crippen molar-refractivity contribution in [2.75, 3.05) is 0 Å². The van der Waals surface area contributed by atoms with Crippen LogP contribution >= 0.6 is 50.1 Å². The minimum atomic E-state index is -0.318. The summed E-state index contributed by atoms with van der Waals surface area (Å²) >= 11 is 11.2. The van der Waals surface area contributed by atoms with Gasteiger partial charge in [-0.05, 0) is 63.6 Å². The van der Waals surface area contributed by atoms with Crippen molar-refractivity contribution in [2.45, 2.75) is 6.92 Å². The maximum absolute atomic E-state index is 13.1. The van der Waals surface area contributed by atoms with Gasteiger partial charge in [-0.2, -0.15) is 0 Å².